The van der Waals surface area contributed by atoms with Gasteiger partial charge in [0.15, 0.2) is 0 Å². The Labute approximate surface area is 126 Å². The van der Waals surface area contributed by atoms with Crippen LogP contribution in [-0.2, 0) is 5.41 Å². The molecule has 10 atom stereocenters. The number of hydrogen-bond acceptors (Lipinski definition) is 1. The highest BCUT2D eigenvalue weighted by Crippen LogP contribution is 2.88. The van der Waals surface area contributed by atoms with E-state index in [0.717, 1.165) is 33.5 Å². The van der Waals surface area contributed by atoms with E-state index in [0.29, 0.717) is 17.3 Å². The number of benzene rings is 1. The molecule has 0 aromatic heterocycles. The second-order valence-corrected chi connectivity index (χ2v) is 8.88. The minimum absolute atomic E-state index is 0.00923. The van der Waals surface area contributed by atoms with Crippen LogP contribution in [0.25, 0.3) is 0 Å². The van der Waals surface area contributed by atoms with Gasteiger partial charge in [0.2, 0.25) is 0 Å². The summed E-state index contributed by atoms with van der Waals surface area (Å²) in [6.07, 6.45) is 1.45. The highest BCUT2D eigenvalue weighted by Gasteiger charge is 2.88. The molecule has 6 fully saturated rings. The van der Waals surface area contributed by atoms with Gasteiger partial charge in [-0.2, -0.15) is 0 Å². The molecule has 0 amide bonds. The molecular formula is C17H17IO. The molecule has 6 aliphatic carbocycles. The lowest BCUT2D eigenvalue weighted by Crippen LogP contribution is -2.43. The fraction of sp³-hybridized carbons (Fsp3) is 0.647. The Morgan fingerprint density at radius 3 is 2.58 bits per heavy atom. The van der Waals surface area contributed by atoms with Crippen LogP contribution < -0.4 is 0 Å². The normalized spacial score (nSPS) is 65.9. The minimum Gasteiger partial charge on any atom is -0.392 e. The Morgan fingerprint density at radius 1 is 1.00 bits per heavy atom. The summed E-state index contributed by atoms with van der Waals surface area (Å²) in [4.78, 5) is 0. The van der Waals surface area contributed by atoms with E-state index in [-0.39, 0.29) is 6.10 Å². The van der Waals surface area contributed by atoms with Gasteiger partial charge in [-0.05, 0) is 53.4 Å². The van der Waals surface area contributed by atoms with Crippen LogP contribution >= 0.6 is 22.6 Å². The number of hydrogen-bond donors (Lipinski definition) is 1. The molecule has 0 radical (unpaired) electrons. The maximum Gasteiger partial charge on any atom is 0.0614 e. The minimum atomic E-state index is 0.00923. The summed E-state index contributed by atoms with van der Waals surface area (Å²) >= 11 is 2.76. The second-order valence-electron chi connectivity index (χ2n) is 7.54. The van der Waals surface area contributed by atoms with Gasteiger partial charge >= 0.3 is 0 Å². The molecule has 6 saturated carbocycles. The van der Waals surface area contributed by atoms with E-state index in [1.54, 1.807) is 5.56 Å². The predicted molar refractivity (Wildman–Crippen MR) is 81.0 cm³/mol. The summed E-state index contributed by atoms with van der Waals surface area (Å²) in [5, 5.41) is 10.8. The van der Waals surface area contributed by atoms with Crippen molar-refractivity contribution in [2.24, 2.45) is 41.4 Å². The first kappa shape index (κ1) is 10.6. The average molecular weight is 364 g/mol. The Kier molecular flexibility index (Phi) is 1.63. The first-order chi connectivity index (χ1) is 9.28. The Hall–Kier alpha value is -0.0900. The Bertz CT molecular complexity index is 582. The summed E-state index contributed by atoms with van der Waals surface area (Å²) in [5.74, 6) is 5.65. The number of rotatable bonds is 1. The first-order valence-electron chi connectivity index (χ1n) is 7.65. The van der Waals surface area contributed by atoms with Crippen LogP contribution in [0.15, 0.2) is 30.3 Å². The van der Waals surface area contributed by atoms with Gasteiger partial charge in [0.25, 0.3) is 0 Å². The topological polar surface area (TPSA) is 20.2 Å². The van der Waals surface area contributed by atoms with E-state index in [1.807, 2.05) is 0 Å². The van der Waals surface area contributed by atoms with Crippen LogP contribution in [0, 0.1) is 41.4 Å². The summed E-state index contributed by atoms with van der Waals surface area (Å²) in [6, 6.07) is 11.2. The standard InChI is InChI=1S/C17H17IO/c18-16-11-9-6-8-10(11)14-15(19)12(8)13(9)17(14,16)7-4-2-1-3-5-7/h1-5,8-16,19H,6H2/t8-,9+,10-,11+,12+,13-,14+,15+,16-,17-/m1/s1. The van der Waals surface area contributed by atoms with Gasteiger partial charge < -0.3 is 5.11 Å². The molecule has 0 aliphatic heterocycles. The third-order valence-corrected chi connectivity index (χ3v) is 9.56. The Morgan fingerprint density at radius 2 is 1.79 bits per heavy atom. The third-order valence-electron chi connectivity index (χ3n) is 7.70. The molecular weight excluding hydrogens is 347 g/mol. The van der Waals surface area contributed by atoms with Gasteiger partial charge in [-0.15, -0.1) is 0 Å². The van der Waals surface area contributed by atoms with Crippen molar-refractivity contribution < 1.29 is 5.11 Å². The molecule has 1 aromatic carbocycles. The monoisotopic (exact) mass is 364 g/mol. The van der Waals surface area contributed by atoms with E-state index in [4.69, 9.17) is 0 Å². The van der Waals surface area contributed by atoms with Crippen molar-refractivity contribution in [3.8, 4) is 0 Å². The number of halogens is 1. The van der Waals surface area contributed by atoms with Crippen molar-refractivity contribution in [1.29, 1.82) is 0 Å². The molecule has 0 saturated heterocycles. The number of alkyl halides is 1. The number of aliphatic hydroxyl groups excluding tert-OH is 1. The first-order valence-corrected chi connectivity index (χ1v) is 8.90. The van der Waals surface area contributed by atoms with Crippen molar-refractivity contribution in [2.75, 3.05) is 0 Å². The fourth-order valence-corrected chi connectivity index (χ4v) is 10.1. The summed E-state index contributed by atoms with van der Waals surface area (Å²) in [7, 11) is 0. The van der Waals surface area contributed by atoms with Gasteiger partial charge in [-0.3, -0.25) is 0 Å². The van der Waals surface area contributed by atoms with E-state index in [1.165, 1.54) is 6.42 Å². The van der Waals surface area contributed by atoms with E-state index in [9.17, 15) is 5.11 Å². The molecule has 0 spiro atoms. The molecule has 6 aliphatic rings. The molecule has 19 heavy (non-hydrogen) atoms. The van der Waals surface area contributed by atoms with Crippen molar-refractivity contribution in [1.82, 2.24) is 0 Å². The lowest BCUT2D eigenvalue weighted by molar-refractivity contribution is 0.103. The van der Waals surface area contributed by atoms with E-state index in [2.05, 4.69) is 52.9 Å². The van der Waals surface area contributed by atoms with E-state index >= 15 is 0 Å². The van der Waals surface area contributed by atoms with Gasteiger partial charge in [0, 0.05) is 9.34 Å². The average Bonchev–Trinajstić information content (AvgIpc) is 3.15. The third kappa shape index (κ3) is 0.787. The summed E-state index contributed by atoms with van der Waals surface area (Å²) in [6.45, 7) is 0. The van der Waals surface area contributed by atoms with Crippen LogP contribution in [0.4, 0.5) is 0 Å². The smallest absolute Gasteiger partial charge is 0.0614 e. The SMILES string of the molecule is O[C@H]1[C@H]2[C@@H]3C[C@H]4[C@H]5[C@@H]3[C@@H]1[C@@](c1ccccc1)([C@H]42)[C@@H]5I. The maximum atomic E-state index is 10.8. The highest BCUT2D eigenvalue weighted by atomic mass is 127. The van der Waals surface area contributed by atoms with Gasteiger partial charge in [-0.1, -0.05) is 52.9 Å². The Balaban J connectivity index is 1.68. The molecule has 1 nitrogen and oxygen atoms in total. The summed E-state index contributed by atoms with van der Waals surface area (Å²) < 4.78 is 0.768. The maximum absolute atomic E-state index is 10.8. The lowest BCUT2D eigenvalue weighted by atomic mass is 9.61. The second kappa shape index (κ2) is 2.92. The van der Waals surface area contributed by atoms with Gasteiger partial charge in [0.05, 0.1) is 6.10 Å². The fourth-order valence-electron chi connectivity index (χ4n) is 7.85. The van der Waals surface area contributed by atoms with Crippen molar-refractivity contribution >= 4 is 22.6 Å². The van der Waals surface area contributed by atoms with Crippen LogP contribution in [0.3, 0.4) is 0 Å². The number of aliphatic hydroxyl groups is 1. The van der Waals surface area contributed by atoms with Crippen molar-refractivity contribution in [3.63, 3.8) is 0 Å². The lowest BCUT2D eigenvalue weighted by Gasteiger charge is -2.43. The molecule has 2 heteroatoms. The highest BCUT2D eigenvalue weighted by molar-refractivity contribution is 14.1. The molecule has 7 rings (SSSR count). The van der Waals surface area contributed by atoms with Crippen molar-refractivity contribution in [3.05, 3.63) is 35.9 Å². The van der Waals surface area contributed by atoms with E-state index < -0.39 is 0 Å². The van der Waals surface area contributed by atoms with Crippen LogP contribution in [0.5, 0.6) is 0 Å². The molecule has 1 aromatic rings. The zero-order valence-corrected chi connectivity index (χ0v) is 12.8. The zero-order chi connectivity index (χ0) is 12.5. The largest absolute Gasteiger partial charge is 0.392 e. The molecule has 6 bridgehead atoms. The zero-order valence-electron chi connectivity index (χ0n) is 10.6. The van der Waals surface area contributed by atoms with Crippen molar-refractivity contribution in [2.45, 2.75) is 21.9 Å². The predicted octanol–water partition coefficient (Wildman–Crippen LogP) is 2.86. The van der Waals surface area contributed by atoms with Gasteiger partial charge in [0.1, 0.15) is 0 Å². The van der Waals surface area contributed by atoms with Crippen LogP contribution in [0.1, 0.15) is 12.0 Å². The quantitative estimate of drug-likeness (QED) is 0.600. The molecule has 0 unspecified atom stereocenters. The van der Waals surface area contributed by atoms with Crippen LogP contribution in [-0.4, -0.2) is 15.1 Å². The molecule has 98 valence electrons. The van der Waals surface area contributed by atoms with Crippen LogP contribution in [0.2, 0.25) is 0 Å². The molecule has 1 N–H and O–H groups in total. The summed E-state index contributed by atoms with van der Waals surface area (Å²) in [5.41, 5.74) is 1.88. The van der Waals surface area contributed by atoms with Gasteiger partial charge in [-0.25, -0.2) is 0 Å². The molecule has 0 heterocycles.